The number of benzene rings is 4. The number of halogens is 3. The summed E-state index contributed by atoms with van der Waals surface area (Å²) < 4.78 is 63.1. The third-order valence-corrected chi connectivity index (χ3v) is 9.64. The van der Waals surface area contributed by atoms with Crippen LogP contribution in [-0.4, -0.2) is 72.6 Å². The summed E-state index contributed by atoms with van der Waals surface area (Å²) in [5.74, 6) is -3.97. The van der Waals surface area contributed by atoms with Gasteiger partial charge in [-0.05, 0) is 78.6 Å². The highest BCUT2D eigenvalue weighted by molar-refractivity contribution is 5.94. The van der Waals surface area contributed by atoms with E-state index < -0.39 is 66.2 Å². The van der Waals surface area contributed by atoms with Crippen molar-refractivity contribution in [2.24, 2.45) is 0 Å². The molecule has 5 atom stereocenters. The zero-order valence-electron chi connectivity index (χ0n) is 28.0. The first kappa shape index (κ1) is 36.1. The number of ether oxygens (including phenoxy) is 3. The van der Waals surface area contributed by atoms with Crippen LogP contribution >= 0.6 is 0 Å². The number of nitrogens with zero attached hydrogens (tertiary/aromatic N) is 2. The molecule has 2 aliphatic rings. The molecule has 4 N–H and O–H groups in total. The third-order valence-electron chi connectivity index (χ3n) is 9.64. The van der Waals surface area contributed by atoms with Crippen LogP contribution in [0, 0.1) is 17.5 Å². The molecule has 14 heteroatoms. The Hall–Kier alpha value is -5.28. The minimum absolute atomic E-state index is 0.0335. The van der Waals surface area contributed by atoms with Crippen LogP contribution in [0.3, 0.4) is 0 Å². The topological polar surface area (TPSA) is 161 Å². The van der Waals surface area contributed by atoms with Crippen molar-refractivity contribution in [2.75, 3.05) is 0 Å². The lowest BCUT2D eigenvalue weighted by atomic mass is 9.94. The van der Waals surface area contributed by atoms with Gasteiger partial charge in [-0.25, -0.2) is 27.7 Å². The van der Waals surface area contributed by atoms with Gasteiger partial charge in [-0.15, -0.1) is 0 Å². The van der Waals surface area contributed by atoms with Gasteiger partial charge in [0, 0.05) is 12.1 Å². The summed E-state index contributed by atoms with van der Waals surface area (Å²) in [6.07, 6.45) is -6.09. The largest absolute Gasteiger partial charge is 0.481 e. The number of imidazole rings is 1. The number of hydrogen-bond donors (Lipinski definition) is 4. The molecule has 7 rings (SSSR count). The second-order valence-corrected chi connectivity index (χ2v) is 13.2. The molecule has 5 aromatic rings. The number of esters is 1. The van der Waals surface area contributed by atoms with Gasteiger partial charge in [0.25, 0.3) is 0 Å². The lowest BCUT2D eigenvalue weighted by molar-refractivity contribution is -0.278. The first-order valence-corrected chi connectivity index (χ1v) is 17.1. The summed E-state index contributed by atoms with van der Waals surface area (Å²) in [7, 11) is 0. The first-order chi connectivity index (χ1) is 25.5. The maximum absolute atomic E-state index is 16.2. The number of rotatable bonds is 9. The summed E-state index contributed by atoms with van der Waals surface area (Å²) in [5, 5.41) is 39.7. The Morgan fingerprint density at radius 1 is 0.811 bits per heavy atom. The van der Waals surface area contributed by atoms with Gasteiger partial charge in [0.15, 0.2) is 6.10 Å². The van der Waals surface area contributed by atoms with Crippen molar-refractivity contribution < 1.29 is 57.4 Å². The van der Waals surface area contributed by atoms with Gasteiger partial charge in [0.2, 0.25) is 6.29 Å². The monoisotopic (exact) mass is 732 g/mol. The number of fused-ring (bicyclic) bond motifs is 1. The summed E-state index contributed by atoms with van der Waals surface area (Å²) in [4.78, 5) is 29.4. The fourth-order valence-electron chi connectivity index (χ4n) is 7.00. The van der Waals surface area contributed by atoms with Crippen LogP contribution in [0.2, 0.25) is 0 Å². The van der Waals surface area contributed by atoms with Crippen molar-refractivity contribution in [3.05, 3.63) is 119 Å². The molecule has 2 heterocycles. The Morgan fingerprint density at radius 2 is 1.49 bits per heavy atom. The van der Waals surface area contributed by atoms with E-state index in [0.29, 0.717) is 28.0 Å². The van der Waals surface area contributed by atoms with E-state index in [1.54, 1.807) is 24.3 Å². The van der Waals surface area contributed by atoms with Gasteiger partial charge in [0.05, 0.1) is 22.2 Å². The maximum atomic E-state index is 16.2. The normalized spacial score (nSPS) is 22.2. The molecule has 2 fully saturated rings. The molecule has 276 valence electrons. The summed E-state index contributed by atoms with van der Waals surface area (Å²) in [6, 6.07) is 20.0. The lowest BCUT2D eigenvalue weighted by Crippen LogP contribution is -2.60. The molecule has 0 unspecified atom stereocenters. The zero-order valence-corrected chi connectivity index (χ0v) is 28.0. The van der Waals surface area contributed by atoms with Gasteiger partial charge >= 0.3 is 11.9 Å². The van der Waals surface area contributed by atoms with Crippen LogP contribution in [0.5, 0.6) is 5.75 Å². The Bertz CT molecular complexity index is 2110. The third kappa shape index (κ3) is 7.35. The summed E-state index contributed by atoms with van der Waals surface area (Å²) in [5.41, 5.74) is 1.81. The fraction of sp³-hybridized carbons (Fsp3) is 0.308. The summed E-state index contributed by atoms with van der Waals surface area (Å²) >= 11 is 0. The molecule has 11 nitrogen and oxygen atoms in total. The predicted molar refractivity (Wildman–Crippen MR) is 182 cm³/mol. The molecule has 0 spiro atoms. The number of carbonyl (C=O) groups excluding carboxylic acids is 1. The van der Waals surface area contributed by atoms with E-state index in [9.17, 15) is 38.8 Å². The zero-order chi connectivity index (χ0) is 37.4. The quantitative estimate of drug-likeness (QED) is 0.136. The number of aromatic nitrogens is 2. The summed E-state index contributed by atoms with van der Waals surface area (Å²) in [6.45, 7) is 0. The fourth-order valence-corrected chi connectivity index (χ4v) is 7.00. The molecule has 53 heavy (non-hydrogen) atoms. The minimum atomic E-state index is -1.96. The molecule has 1 saturated heterocycles. The molecule has 4 aromatic carbocycles. The number of carboxylic acid groups (broad SMARTS) is 1. The smallest absolute Gasteiger partial charge is 0.340 e. The van der Waals surface area contributed by atoms with Crippen molar-refractivity contribution in [3.8, 4) is 17.1 Å². The molecule has 1 aromatic heterocycles. The van der Waals surface area contributed by atoms with Gasteiger partial charge in [0.1, 0.15) is 53.4 Å². The standard InChI is InChI=1S/C39H35F3N2O9/c40-23-8-4-6-20(16-23)34(21-7-5-9-24(41)17-21)51-26-13-14-27(28(42)19-26)36-43-29-18-22(12-15-30(29)44(36)25-10-2-1-3-11-25)38(50)53-39-33(47)31(45)32(46)35(52-39)37(48)49/h4-9,12-19,25,31-35,39,45-47H,1-3,10-11H2,(H,48,49)/t31-,32+,33+,35-,39-/m0/s1. The maximum Gasteiger partial charge on any atom is 0.340 e. The van der Waals surface area contributed by atoms with Crippen molar-refractivity contribution in [1.29, 1.82) is 0 Å². The van der Waals surface area contributed by atoms with Crippen LogP contribution in [0.1, 0.15) is 65.7 Å². The molecule has 1 aliphatic heterocycles. The van der Waals surface area contributed by atoms with Crippen LogP contribution < -0.4 is 4.74 Å². The van der Waals surface area contributed by atoms with Crippen molar-refractivity contribution in [3.63, 3.8) is 0 Å². The number of aliphatic hydroxyl groups excluding tert-OH is 3. The van der Waals surface area contributed by atoms with E-state index in [1.165, 1.54) is 60.7 Å². The molecular weight excluding hydrogens is 697 g/mol. The van der Waals surface area contributed by atoms with E-state index in [4.69, 9.17) is 19.2 Å². The van der Waals surface area contributed by atoms with E-state index in [1.807, 2.05) is 4.57 Å². The average Bonchev–Trinajstić information content (AvgIpc) is 3.52. The SMILES string of the molecule is O=C(O[C@@H]1O[C@H](C(=O)O)[C@H](O)[C@H](O)[C@H]1O)c1ccc2c(c1)nc(-c1ccc(OC(c3cccc(F)c3)c3cccc(F)c3)cc1F)n2C1CCCCC1. The molecule has 0 bridgehead atoms. The highest BCUT2D eigenvalue weighted by atomic mass is 19.1. The highest BCUT2D eigenvalue weighted by Gasteiger charge is 2.48. The van der Waals surface area contributed by atoms with Crippen LogP contribution in [0.25, 0.3) is 22.4 Å². The average molecular weight is 733 g/mol. The van der Waals surface area contributed by atoms with Gasteiger partial charge in [-0.2, -0.15) is 0 Å². The Balaban J connectivity index is 1.21. The van der Waals surface area contributed by atoms with E-state index in [0.717, 1.165) is 32.1 Å². The second-order valence-electron chi connectivity index (χ2n) is 13.2. The Kier molecular flexibility index (Phi) is 10.2. The van der Waals surface area contributed by atoms with Crippen molar-refractivity contribution in [1.82, 2.24) is 9.55 Å². The van der Waals surface area contributed by atoms with E-state index >= 15 is 4.39 Å². The van der Waals surface area contributed by atoms with Crippen LogP contribution in [0.15, 0.2) is 84.9 Å². The number of aliphatic carboxylic acids is 1. The number of carbonyl (C=O) groups is 2. The minimum Gasteiger partial charge on any atom is -0.481 e. The second kappa shape index (κ2) is 15.0. The van der Waals surface area contributed by atoms with Gasteiger partial charge in [-0.3, -0.25) is 0 Å². The van der Waals surface area contributed by atoms with Gasteiger partial charge in [-0.1, -0.05) is 43.5 Å². The van der Waals surface area contributed by atoms with Crippen LogP contribution in [-0.2, 0) is 14.3 Å². The predicted octanol–water partition coefficient (Wildman–Crippen LogP) is 5.84. The van der Waals surface area contributed by atoms with Gasteiger partial charge < -0.3 is 39.2 Å². The Labute approximate surface area is 300 Å². The number of carboxylic acids is 1. The molecule has 1 saturated carbocycles. The number of hydrogen-bond acceptors (Lipinski definition) is 9. The van der Waals surface area contributed by atoms with Crippen LogP contribution in [0.4, 0.5) is 13.2 Å². The Morgan fingerprint density at radius 3 is 2.11 bits per heavy atom. The van der Waals surface area contributed by atoms with E-state index in [-0.39, 0.29) is 22.9 Å². The van der Waals surface area contributed by atoms with Crippen molar-refractivity contribution >= 4 is 23.0 Å². The van der Waals surface area contributed by atoms with Crippen molar-refractivity contribution in [2.45, 2.75) is 75.0 Å². The first-order valence-electron chi connectivity index (χ1n) is 17.1. The molecule has 1 aliphatic carbocycles. The molecule has 0 radical (unpaired) electrons. The van der Waals surface area contributed by atoms with E-state index in [2.05, 4.69) is 0 Å². The number of aliphatic hydroxyl groups is 3. The lowest BCUT2D eigenvalue weighted by Gasteiger charge is -2.37. The highest BCUT2D eigenvalue weighted by Crippen LogP contribution is 2.39. The molecular formula is C39H35F3N2O9. The molecule has 0 amide bonds.